The zero-order valence-electron chi connectivity index (χ0n) is 16.7. The predicted octanol–water partition coefficient (Wildman–Crippen LogP) is 3.36. The Morgan fingerprint density at radius 2 is 2.00 bits per heavy atom. The second kappa shape index (κ2) is 7.74. The number of pyridine rings is 1. The SMILES string of the molecule is CCOC(=O)Cc1c2c(c(O)c3ncc(Cc4ccc(F)cc4)cc13)C(=O)N(C)C2. The van der Waals surface area contributed by atoms with Crippen LogP contribution in [0.3, 0.4) is 0 Å². The van der Waals surface area contributed by atoms with E-state index in [1.54, 1.807) is 32.3 Å². The Morgan fingerprint density at radius 1 is 1.27 bits per heavy atom. The minimum absolute atomic E-state index is 0.0181. The van der Waals surface area contributed by atoms with Crippen LogP contribution in [0, 0.1) is 5.82 Å². The number of hydrogen-bond donors (Lipinski definition) is 1. The van der Waals surface area contributed by atoms with E-state index < -0.39 is 5.97 Å². The molecule has 0 saturated carbocycles. The fourth-order valence-electron chi connectivity index (χ4n) is 3.90. The van der Waals surface area contributed by atoms with Crippen molar-refractivity contribution in [3.63, 3.8) is 0 Å². The van der Waals surface area contributed by atoms with E-state index in [-0.39, 0.29) is 41.6 Å². The number of aromatic hydroxyl groups is 1. The second-order valence-corrected chi connectivity index (χ2v) is 7.37. The Morgan fingerprint density at radius 3 is 2.70 bits per heavy atom. The van der Waals surface area contributed by atoms with Crippen LogP contribution >= 0.6 is 0 Å². The Bertz CT molecular complexity index is 1160. The summed E-state index contributed by atoms with van der Waals surface area (Å²) in [4.78, 5) is 30.7. The van der Waals surface area contributed by atoms with Crippen LogP contribution in [-0.2, 0) is 28.9 Å². The van der Waals surface area contributed by atoms with E-state index in [2.05, 4.69) is 4.98 Å². The first-order chi connectivity index (χ1) is 14.4. The van der Waals surface area contributed by atoms with Gasteiger partial charge in [-0.25, -0.2) is 4.39 Å². The summed E-state index contributed by atoms with van der Waals surface area (Å²) in [7, 11) is 1.65. The summed E-state index contributed by atoms with van der Waals surface area (Å²) in [5, 5.41) is 11.4. The smallest absolute Gasteiger partial charge is 0.310 e. The fraction of sp³-hybridized carbons (Fsp3) is 0.261. The maximum Gasteiger partial charge on any atom is 0.310 e. The van der Waals surface area contributed by atoms with Crippen LogP contribution in [0.2, 0.25) is 0 Å². The van der Waals surface area contributed by atoms with Crippen molar-refractivity contribution in [2.45, 2.75) is 26.3 Å². The molecule has 4 rings (SSSR count). The number of hydrogen-bond acceptors (Lipinski definition) is 5. The number of benzene rings is 2. The number of aromatic nitrogens is 1. The number of fused-ring (bicyclic) bond motifs is 2. The van der Waals surface area contributed by atoms with Crippen molar-refractivity contribution < 1.29 is 23.8 Å². The van der Waals surface area contributed by atoms with Gasteiger partial charge in [-0.15, -0.1) is 0 Å². The molecule has 7 heteroatoms. The maximum atomic E-state index is 13.2. The molecular formula is C23H21FN2O4. The van der Waals surface area contributed by atoms with Crippen LogP contribution in [0.25, 0.3) is 10.9 Å². The molecule has 0 bridgehead atoms. The first-order valence-corrected chi connectivity index (χ1v) is 9.69. The van der Waals surface area contributed by atoms with Crippen LogP contribution in [-0.4, -0.2) is 40.5 Å². The van der Waals surface area contributed by atoms with Gasteiger partial charge >= 0.3 is 5.97 Å². The summed E-state index contributed by atoms with van der Waals surface area (Å²) in [6.07, 6.45) is 2.11. The van der Waals surface area contributed by atoms with Crippen LogP contribution < -0.4 is 0 Å². The topological polar surface area (TPSA) is 79.7 Å². The van der Waals surface area contributed by atoms with Gasteiger partial charge in [-0.05, 0) is 53.8 Å². The summed E-state index contributed by atoms with van der Waals surface area (Å²) >= 11 is 0. The number of phenols is 1. The van der Waals surface area contributed by atoms with Crippen molar-refractivity contribution in [2.24, 2.45) is 0 Å². The third-order valence-electron chi connectivity index (χ3n) is 5.30. The van der Waals surface area contributed by atoms with Gasteiger partial charge in [-0.2, -0.15) is 0 Å². The Kier molecular flexibility index (Phi) is 5.11. The summed E-state index contributed by atoms with van der Waals surface area (Å²) in [5.74, 6) is -1.18. The van der Waals surface area contributed by atoms with Crippen LogP contribution in [0.15, 0.2) is 36.5 Å². The normalized spacial score (nSPS) is 13.0. The Hall–Kier alpha value is -3.48. The van der Waals surface area contributed by atoms with E-state index in [0.29, 0.717) is 29.5 Å². The molecule has 0 unspecified atom stereocenters. The third-order valence-corrected chi connectivity index (χ3v) is 5.30. The van der Waals surface area contributed by atoms with Gasteiger partial charge in [0, 0.05) is 25.2 Å². The van der Waals surface area contributed by atoms with Crippen molar-refractivity contribution in [1.29, 1.82) is 0 Å². The predicted molar refractivity (Wildman–Crippen MR) is 109 cm³/mol. The molecular weight excluding hydrogens is 387 g/mol. The first-order valence-electron chi connectivity index (χ1n) is 9.69. The number of carbonyl (C=O) groups excluding carboxylic acids is 2. The minimum atomic E-state index is -0.405. The lowest BCUT2D eigenvalue weighted by atomic mass is 9.93. The molecule has 0 atom stereocenters. The molecule has 30 heavy (non-hydrogen) atoms. The molecule has 1 N–H and O–H groups in total. The van der Waals surface area contributed by atoms with Gasteiger partial charge in [0.1, 0.15) is 11.3 Å². The largest absolute Gasteiger partial charge is 0.505 e. The monoisotopic (exact) mass is 408 g/mol. The Balaban J connectivity index is 1.86. The van der Waals surface area contributed by atoms with Gasteiger partial charge in [0.25, 0.3) is 5.91 Å². The van der Waals surface area contributed by atoms with E-state index >= 15 is 0 Å². The summed E-state index contributed by atoms with van der Waals surface area (Å²) < 4.78 is 18.3. The molecule has 0 fully saturated rings. The molecule has 2 heterocycles. The highest BCUT2D eigenvalue weighted by molar-refractivity contribution is 6.08. The Labute approximate surface area is 172 Å². The standard InChI is InChI=1S/C23H21FN2O4/c1-3-30-19(27)10-16-17-9-14(8-13-4-6-15(24)7-5-13)11-25-21(17)22(28)20-18(16)12-26(2)23(20)29/h4-7,9,11,28H,3,8,10,12H2,1-2H3. The second-order valence-electron chi connectivity index (χ2n) is 7.37. The number of nitrogens with zero attached hydrogens (tertiary/aromatic N) is 2. The minimum Gasteiger partial charge on any atom is -0.505 e. The summed E-state index contributed by atoms with van der Waals surface area (Å²) in [5.41, 5.74) is 3.49. The van der Waals surface area contributed by atoms with Gasteiger partial charge in [0.05, 0.1) is 18.6 Å². The van der Waals surface area contributed by atoms with Gasteiger partial charge in [-0.3, -0.25) is 14.6 Å². The van der Waals surface area contributed by atoms with E-state index in [0.717, 1.165) is 11.1 Å². The lowest BCUT2D eigenvalue weighted by molar-refractivity contribution is -0.142. The van der Waals surface area contributed by atoms with Gasteiger partial charge in [0.15, 0.2) is 5.75 Å². The zero-order chi connectivity index (χ0) is 21.4. The number of esters is 1. The summed E-state index contributed by atoms with van der Waals surface area (Å²) in [6, 6.07) is 8.06. The number of halogens is 1. The van der Waals surface area contributed by atoms with E-state index in [4.69, 9.17) is 4.74 Å². The van der Waals surface area contributed by atoms with Crippen molar-refractivity contribution >= 4 is 22.8 Å². The first kappa shape index (κ1) is 19.8. The quantitative estimate of drug-likeness (QED) is 0.655. The van der Waals surface area contributed by atoms with E-state index in [1.807, 2.05) is 6.07 Å². The highest BCUT2D eigenvalue weighted by atomic mass is 19.1. The summed E-state index contributed by atoms with van der Waals surface area (Å²) in [6.45, 7) is 2.29. The van der Waals surface area contributed by atoms with Crippen LogP contribution in [0.1, 0.15) is 39.5 Å². The van der Waals surface area contributed by atoms with Crippen molar-refractivity contribution in [1.82, 2.24) is 9.88 Å². The molecule has 6 nitrogen and oxygen atoms in total. The molecule has 2 aromatic carbocycles. The van der Waals surface area contributed by atoms with Gasteiger partial charge < -0.3 is 14.7 Å². The number of amides is 1. The van der Waals surface area contributed by atoms with E-state index in [1.165, 1.54) is 17.0 Å². The molecule has 0 saturated heterocycles. The zero-order valence-corrected chi connectivity index (χ0v) is 16.7. The van der Waals surface area contributed by atoms with Crippen LogP contribution in [0.5, 0.6) is 5.75 Å². The lowest BCUT2D eigenvalue weighted by Crippen LogP contribution is -2.17. The van der Waals surface area contributed by atoms with E-state index in [9.17, 15) is 19.1 Å². The molecule has 1 aliphatic rings. The molecule has 0 aliphatic carbocycles. The average Bonchev–Trinajstić information content (AvgIpc) is 3.02. The molecule has 1 amide bonds. The highest BCUT2D eigenvalue weighted by Crippen LogP contribution is 2.39. The van der Waals surface area contributed by atoms with Crippen molar-refractivity contribution in [3.05, 3.63) is 70.2 Å². The molecule has 0 spiro atoms. The molecule has 3 aromatic rings. The van der Waals surface area contributed by atoms with Crippen molar-refractivity contribution in [2.75, 3.05) is 13.7 Å². The molecule has 1 aromatic heterocycles. The third kappa shape index (κ3) is 3.47. The van der Waals surface area contributed by atoms with Crippen molar-refractivity contribution in [3.8, 4) is 5.75 Å². The van der Waals surface area contributed by atoms with Gasteiger partial charge in [-0.1, -0.05) is 12.1 Å². The highest BCUT2D eigenvalue weighted by Gasteiger charge is 2.33. The number of phenolic OH excluding ortho intramolecular Hbond substituents is 1. The molecule has 154 valence electrons. The maximum absolute atomic E-state index is 13.2. The fourth-order valence-corrected chi connectivity index (χ4v) is 3.90. The number of carbonyl (C=O) groups is 2. The lowest BCUT2D eigenvalue weighted by Gasteiger charge is -2.14. The number of ether oxygens (including phenoxy) is 1. The number of rotatable bonds is 5. The molecule has 0 radical (unpaired) electrons. The average molecular weight is 408 g/mol. The molecule has 1 aliphatic heterocycles. The van der Waals surface area contributed by atoms with Crippen LogP contribution in [0.4, 0.5) is 4.39 Å². The van der Waals surface area contributed by atoms with Gasteiger partial charge in [0.2, 0.25) is 0 Å².